The Kier molecular flexibility index (Phi) is 7.67. The number of hydrogen-bond donors (Lipinski definition) is 2. The quantitative estimate of drug-likeness (QED) is 0.735. The van der Waals surface area contributed by atoms with Gasteiger partial charge in [0.2, 0.25) is 5.91 Å². The molecular weight excluding hydrogens is 418 g/mol. The van der Waals surface area contributed by atoms with Gasteiger partial charge < -0.3 is 20.4 Å². The smallest absolute Gasteiger partial charge is 0.319 e. The Morgan fingerprint density at radius 1 is 1.09 bits per heavy atom. The van der Waals surface area contributed by atoms with Gasteiger partial charge in [0.25, 0.3) is 5.91 Å². The highest BCUT2D eigenvalue weighted by atomic mass is 16.2. The molecule has 1 aliphatic rings. The zero-order valence-corrected chi connectivity index (χ0v) is 19.2. The van der Waals surface area contributed by atoms with Crippen molar-refractivity contribution in [2.75, 3.05) is 39.0 Å². The van der Waals surface area contributed by atoms with E-state index in [4.69, 9.17) is 5.26 Å². The molecule has 2 aromatic rings. The van der Waals surface area contributed by atoms with Crippen LogP contribution in [0.3, 0.4) is 0 Å². The van der Waals surface area contributed by atoms with Crippen LogP contribution in [0, 0.1) is 18.3 Å². The van der Waals surface area contributed by atoms with Gasteiger partial charge >= 0.3 is 6.03 Å². The molecule has 0 spiro atoms. The summed E-state index contributed by atoms with van der Waals surface area (Å²) < 4.78 is 0. The van der Waals surface area contributed by atoms with Crippen molar-refractivity contribution in [3.8, 4) is 6.07 Å². The maximum atomic E-state index is 13.1. The Morgan fingerprint density at radius 2 is 1.76 bits per heavy atom. The molecule has 8 heteroatoms. The highest BCUT2D eigenvalue weighted by Crippen LogP contribution is 2.29. The van der Waals surface area contributed by atoms with E-state index in [1.807, 2.05) is 36.1 Å². The van der Waals surface area contributed by atoms with Crippen LogP contribution in [0.5, 0.6) is 0 Å². The maximum absolute atomic E-state index is 13.1. The molecule has 172 valence electrons. The summed E-state index contributed by atoms with van der Waals surface area (Å²) >= 11 is 0. The van der Waals surface area contributed by atoms with Crippen LogP contribution in [-0.4, -0.2) is 61.4 Å². The van der Waals surface area contributed by atoms with Crippen LogP contribution in [-0.2, 0) is 4.79 Å². The fraction of sp³-hybridized carbons (Fsp3) is 0.360. The number of urea groups is 1. The standard InChI is InChI=1S/C25H29N5O3/c1-17-4-7-21(14-22(17)28-25(33)27-16-23(31)29(2)3)24(32)30-12-10-20(11-13-30)19-8-5-18(15-26)6-9-19/h4-9,14,20H,10-13,16H2,1-3H3,(H2,27,28,33). The summed E-state index contributed by atoms with van der Waals surface area (Å²) in [4.78, 5) is 40.1. The largest absolute Gasteiger partial charge is 0.347 e. The van der Waals surface area contributed by atoms with Crippen LogP contribution in [0.4, 0.5) is 10.5 Å². The van der Waals surface area contributed by atoms with E-state index >= 15 is 0 Å². The second kappa shape index (κ2) is 10.6. The highest BCUT2D eigenvalue weighted by molar-refractivity contribution is 5.98. The number of nitrogens with one attached hydrogen (secondary N) is 2. The number of piperidine rings is 1. The van der Waals surface area contributed by atoms with Crippen molar-refractivity contribution >= 4 is 23.5 Å². The third-order valence-electron chi connectivity index (χ3n) is 5.93. The van der Waals surface area contributed by atoms with Crippen LogP contribution < -0.4 is 10.6 Å². The lowest BCUT2D eigenvalue weighted by atomic mass is 9.89. The molecule has 0 bridgehead atoms. The minimum atomic E-state index is -0.499. The number of hydrogen-bond acceptors (Lipinski definition) is 4. The number of anilines is 1. The number of aryl methyl sites for hydroxylation is 1. The molecule has 0 saturated carbocycles. The van der Waals surface area contributed by atoms with Gasteiger partial charge in [0.15, 0.2) is 0 Å². The van der Waals surface area contributed by atoms with E-state index in [0.29, 0.717) is 35.8 Å². The first-order valence-electron chi connectivity index (χ1n) is 10.9. The number of likely N-dealkylation sites (tertiary alicyclic amines) is 1. The van der Waals surface area contributed by atoms with Gasteiger partial charge in [-0.2, -0.15) is 5.26 Å². The molecule has 33 heavy (non-hydrogen) atoms. The molecule has 8 nitrogen and oxygen atoms in total. The first-order chi connectivity index (χ1) is 15.8. The van der Waals surface area contributed by atoms with Gasteiger partial charge in [0, 0.05) is 38.4 Å². The van der Waals surface area contributed by atoms with Crippen molar-refractivity contribution in [2.24, 2.45) is 0 Å². The summed E-state index contributed by atoms with van der Waals surface area (Å²) in [6.07, 6.45) is 1.72. The van der Waals surface area contributed by atoms with Crippen LogP contribution in [0.1, 0.15) is 45.8 Å². The Bertz CT molecular complexity index is 1060. The number of carbonyl (C=O) groups is 3. The number of nitriles is 1. The van der Waals surface area contributed by atoms with Crippen LogP contribution in [0.2, 0.25) is 0 Å². The topological polar surface area (TPSA) is 106 Å². The van der Waals surface area contributed by atoms with Crippen LogP contribution in [0.15, 0.2) is 42.5 Å². The summed E-state index contributed by atoms with van der Waals surface area (Å²) in [5.74, 6) is 0.0837. The fourth-order valence-corrected chi connectivity index (χ4v) is 3.80. The molecule has 2 aromatic carbocycles. The highest BCUT2D eigenvalue weighted by Gasteiger charge is 2.25. The lowest BCUT2D eigenvalue weighted by molar-refractivity contribution is -0.127. The third kappa shape index (κ3) is 6.10. The molecule has 3 rings (SSSR count). The zero-order chi connectivity index (χ0) is 24.0. The molecule has 4 amide bonds. The van der Waals surface area contributed by atoms with Crippen molar-refractivity contribution < 1.29 is 14.4 Å². The lowest BCUT2D eigenvalue weighted by Gasteiger charge is -2.32. The number of nitrogens with zero attached hydrogens (tertiary/aromatic N) is 3. The summed E-state index contributed by atoms with van der Waals surface area (Å²) in [6, 6.07) is 14.5. The second-order valence-corrected chi connectivity index (χ2v) is 8.43. The average Bonchev–Trinajstić information content (AvgIpc) is 2.83. The first-order valence-corrected chi connectivity index (χ1v) is 10.9. The average molecular weight is 448 g/mol. The lowest BCUT2D eigenvalue weighted by Crippen LogP contribution is -2.39. The predicted molar refractivity (Wildman–Crippen MR) is 126 cm³/mol. The minimum Gasteiger partial charge on any atom is -0.347 e. The predicted octanol–water partition coefficient (Wildman–Crippen LogP) is 3.10. The molecule has 1 fully saturated rings. The van der Waals surface area contributed by atoms with Crippen molar-refractivity contribution in [1.82, 2.24) is 15.1 Å². The molecule has 0 radical (unpaired) electrons. The number of benzene rings is 2. The van der Waals surface area contributed by atoms with Crippen molar-refractivity contribution in [2.45, 2.75) is 25.7 Å². The van der Waals surface area contributed by atoms with Gasteiger partial charge in [0.1, 0.15) is 0 Å². The molecule has 1 saturated heterocycles. The van der Waals surface area contributed by atoms with E-state index in [9.17, 15) is 14.4 Å². The molecule has 0 aliphatic carbocycles. The second-order valence-electron chi connectivity index (χ2n) is 8.43. The monoisotopic (exact) mass is 447 g/mol. The normalized spacial score (nSPS) is 13.7. The van der Waals surface area contributed by atoms with Crippen LogP contribution in [0.25, 0.3) is 0 Å². The molecule has 1 heterocycles. The van der Waals surface area contributed by atoms with E-state index in [2.05, 4.69) is 16.7 Å². The molecule has 1 aliphatic heterocycles. The maximum Gasteiger partial charge on any atom is 0.319 e. The summed E-state index contributed by atoms with van der Waals surface area (Å²) in [6.45, 7) is 3.03. The van der Waals surface area contributed by atoms with Gasteiger partial charge in [-0.15, -0.1) is 0 Å². The summed E-state index contributed by atoms with van der Waals surface area (Å²) in [7, 11) is 3.24. The van der Waals surface area contributed by atoms with Gasteiger partial charge in [-0.05, 0) is 61.1 Å². The van der Waals surface area contributed by atoms with Gasteiger partial charge in [0.05, 0.1) is 18.2 Å². The van der Waals surface area contributed by atoms with Crippen molar-refractivity contribution in [3.63, 3.8) is 0 Å². The van der Waals surface area contributed by atoms with Crippen LogP contribution >= 0.6 is 0 Å². The first kappa shape index (κ1) is 23.8. The Morgan fingerprint density at radius 3 is 2.36 bits per heavy atom. The Hall–Kier alpha value is -3.86. The number of likely N-dealkylation sites (N-methyl/N-ethyl adjacent to an activating group) is 1. The van der Waals surface area contributed by atoms with Gasteiger partial charge in [-0.1, -0.05) is 18.2 Å². The molecule has 0 atom stereocenters. The Labute approximate surface area is 194 Å². The van der Waals surface area contributed by atoms with E-state index in [1.54, 1.807) is 32.3 Å². The van der Waals surface area contributed by atoms with Crippen molar-refractivity contribution in [3.05, 3.63) is 64.7 Å². The number of amides is 4. The SMILES string of the molecule is Cc1ccc(C(=O)N2CCC(c3ccc(C#N)cc3)CC2)cc1NC(=O)NCC(=O)N(C)C. The number of carbonyl (C=O) groups excluding carboxylic acids is 3. The van der Waals surface area contributed by atoms with E-state index in [-0.39, 0.29) is 18.4 Å². The fourth-order valence-electron chi connectivity index (χ4n) is 3.80. The molecule has 0 unspecified atom stereocenters. The van der Waals surface area contributed by atoms with Gasteiger partial charge in [-0.25, -0.2) is 4.79 Å². The van der Waals surface area contributed by atoms with E-state index in [1.165, 1.54) is 10.5 Å². The Balaban J connectivity index is 1.59. The molecule has 0 aromatic heterocycles. The van der Waals surface area contributed by atoms with E-state index in [0.717, 1.165) is 18.4 Å². The molecular formula is C25H29N5O3. The zero-order valence-electron chi connectivity index (χ0n) is 19.2. The van der Waals surface area contributed by atoms with Crippen molar-refractivity contribution in [1.29, 1.82) is 5.26 Å². The summed E-state index contributed by atoms with van der Waals surface area (Å²) in [5.41, 5.74) is 3.70. The number of rotatable bonds is 5. The molecule has 2 N–H and O–H groups in total. The van der Waals surface area contributed by atoms with Gasteiger partial charge in [-0.3, -0.25) is 9.59 Å². The minimum absolute atomic E-state index is 0.0699. The van der Waals surface area contributed by atoms with E-state index < -0.39 is 6.03 Å². The third-order valence-corrected chi connectivity index (χ3v) is 5.93. The summed E-state index contributed by atoms with van der Waals surface area (Å²) in [5, 5.41) is 14.2.